The zero-order chi connectivity index (χ0) is 13.0. The van der Waals surface area contributed by atoms with Gasteiger partial charge in [0, 0.05) is 12.6 Å². The number of ether oxygens (including phenoxy) is 1. The van der Waals surface area contributed by atoms with E-state index in [1.54, 1.807) is 0 Å². The SMILES string of the molecule is COc1ccc(F)cc1NC(=O)C1CCCNC1. The maximum Gasteiger partial charge on any atom is 0.228 e. The van der Waals surface area contributed by atoms with Crippen molar-refractivity contribution in [1.82, 2.24) is 5.32 Å². The molecule has 4 nitrogen and oxygen atoms in total. The van der Waals surface area contributed by atoms with Crippen molar-refractivity contribution in [2.24, 2.45) is 5.92 Å². The van der Waals surface area contributed by atoms with Crippen LogP contribution in [-0.2, 0) is 4.79 Å². The Balaban J connectivity index is 2.07. The van der Waals surface area contributed by atoms with Gasteiger partial charge in [-0.05, 0) is 31.5 Å². The van der Waals surface area contributed by atoms with Gasteiger partial charge in [0.25, 0.3) is 0 Å². The normalized spacial score (nSPS) is 19.3. The van der Waals surface area contributed by atoms with Crippen molar-refractivity contribution in [2.45, 2.75) is 12.8 Å². The molecule has 1 atom stereocenters. The fourth-order valence-electron chi connectivity index (χ4n) is 2.09. The number of halogens is 1. The van der Waals surface area contributed by atoms with Crippen molar-refractivity contribution in [3.05, 3.63) is 24.0 Å². The molecule has 0 bridgehead atoms. The van der Waals surface area contributed by atoms with E-state index < -0.39 is 5.82 Å². The van der Waals surface area contributed by atoms with Gasteiger partial charge >= 0.3 is 0 Å². The summed E-state index contributed by atoms with van der Waals surface area (Å²) < 4.78 is 18.2. The van der Waals surface area contributed by atoms with Crippen LogP contribution < -0.4 is 15.4 Å². The van der Waals surface area contributed by atoms with Gasteiger partial charge in [0.2, 0.25) is 5.91 Å². The van der Waals surface area contributed by atoms with E-state index in [4.69, 9.17) is 4.74 Å². The highest BCUT2D eigenvalue weighted by Gasteiger charge is 2.21. The molecule has 1 amide bonds. The van der Waals surface area contributed by atoms with Crippen LogP contribution in [0.1, 0.15) is 12.8 Å². The molecule has 1 saturated heterocycles. The Hall–Kier alpha value is -1.62. The second-order valence-electron chi connectivity index (χ2n) is 4.38. The molecule has 0 aromatic heterocycles. The largest absolute Gasteiger partial charge is 0.495 e. The van der Waals surface area contributed by atoms with Gasteiger partial charge in [-0.25, -0.2) is 4.39 Å². The lowest BCUT2D eigenvalue weighted by Gasteiger charge is -2.22. The van der Waals surface area contributed by atoms with E-state index in [-0.39, 0.29) is 11.8 Å². The minimum absolute atomic E-state index is 0.0632. The standard InChI is InChI=1S/C13H17FN2O2/c1-18-12-5-4-10(14)7-11(12)16-13(17)9-3-2-6-15-8-9/h4-5,7,9,15H,2-3,6,8H2,1H3,(H,16,17). The number of nitrogens with one attached hydrogen (secondary N) is 2. The van der Waals surface area contributed by atoms with Crippen LogP contribution in [0, 0.1) is 11.7 Å². The first kappa shape index (κ1) is 12.8. The van der Waals surface area contributed by atoms with Crippen molar-refractivity contribution in [2.75, 3.05) is 25.5 Å². The highest BCUT2D eigenvalue weighted by atomic mass is 19.1. The first-order valence-corrected chi connectivity index (χ1v) is 6.06. The van der Waals surface area contributed by atoms with E-state index in [0.29, 0.717) is 18.0 Å². The highest BCUT2D eigenvalue weighted by molar-refractivity contribution is 5.94. The molecule has 1 aliphatic heterocycles. The quantitative estimate of drug-likeness (QED) is 0.862. The van der Waals surface area contributed by atoms with Crippen molar-refractivity contribution in [1.29, 1.82) is 0 Å². The molecule has 5 heteroatoms. The number of piperidine rings is 1. The molecular formula is C13H17FN2O2. The van der Waals surface area contributed by atoms with Crippen LogP contribution in [0.25, 0.3) is 0 Å². The summed E-state index contributed by atoms with van der Waals surface area (Å²) in [5.74, 6) is -0.0841. The predicted molar refractivity (Wildman–Crippen MR) is 67.2 cm³/mol. The number of methoxy groups -OCH3 is 1. The Kier molecular flexibility index (Phi) is 4.15. The van der Waals surface area contributed by atoms with Gasteiger partial charge in [-0.2, -0.15) is 0 Å². The maximum absolute atomic E-state index is 13.2. The molecule has 1 aromatic rings. The molecule has 1 heterocycles. The summed E-state index contributed by atoms with van der Waals surface area (Å²) in [5.41, 5.74) is 0.382. The molecule has 1 aromatic carbocycles. The lowest BCUT2D eigenvalue weighted by atomic mass is 9.99. The first-order valence-electron chi connectivity index (χ1n) is 6.06. The Morgan fingerprint density at radius 2 is 2.39 bits per heavy atom. The summed E-state index contributed by atoms with van der Waals surface area (Å²) in [4.78, 5) is 12.0. The molecule has 98 valence electrons. The molecule has 2 rings (SSSR count). The van der Waals surface area contributed by atoms with Crippen LogP contribution in [0.3, 0.4) is 0 Å². The summed E-state index contributed by atoms with van der Waals surface area (Å²) in [5, 5.41) is 5.90. The van der Waals surface area contributed by atoms with Crippen LogP contribution in [0.2, 0.25) is 0 Å². The Bertz CT molecular complexity index is 431. The van der Waals surface area contributed by atoms with E-state index >= 15 is 0 Å². The summed E-state index contributed by atoms with van der Waals surface area (Å²) in [7, 11) is 1.49. The monoisotopic (exact) mass is 252 g/mol. The molecule has 2 N–H and O–H groups in total. The summed E-state index contributed by atoms with van der Waals surface area (Å²) in [6.07, 6.45) is 1.84. The predicted octanol–water partition coefficient (Wildman–Crippen LogP) is 1.77. The van der Waals surface area contributed by atoms with Gasteiger partial charge in [-0.3, -0.25) is 4.79 Å². The van der Waals surface area contributed by atoms with Gasteiger partial charge in [0.05, 0.1) is 18.7 Å². The van der Waals surface area contributed by atoms with Gasteiger partial charge in [-0.15, -0.1) is 0 Å². The Labute approximate surface area is 106 Å². The third kappa shape index (κ3) is 2.98. The fourth-order valence-corrected chi connectivity index (χ4v) is 2.09. The number of carbonyl (C=O) groups is 1. The smallest absolute Gasteiger partial charge is 0.228 e. The van der Waals surface area contributed by atoms with Crippen molar-refractivity contribution < 1.29 is 13.9 Å². The zero-order valence-corrected chi connectivity index (χ0v) is 10.3. The summed E-state index contributed by atoms with van der Waals surface area (Å²) in [6.45, 7) is 1.62. The van der Waals surface area contributed by atoms with E-state index in [2.05, 4.69) is 10.6 Å². The van der Waals surface area contributed by atoms with Crippen LogP contribution in [0.15, 0.2) is 18.2 Å². The third-order valence-electron chi connectivity index (χ3n) is 3.09. The van der Waals surface area contributed by atoms with Gasteiger partial charge in [0.15, 0.2) is 0 Å². The lowest BCUT2D eigenvalue weighted by molar-refractivity contribution is -0.120. The molecule has 1 unspecified atom stereocenters. The maximum atomic E-state index is 13.2. The zero-order valence-electron chi connectivity index (χ0n) is 10.3. The minimum atomic E-state index is -0.395. The van der Waals surface area contributed by atoms with Crippen LogP contribution >= 0.6 is 0 Å². The second-order valence-corrected chi connectivity index (χ2v) is 4.38. The fraction of sp³-hybridized carbons (Fsp3) is 0.462. The van der Waals surface area contributed by atoms with Gasteiger partial charge in [-0.1, -0.05) is 0 Å². The van der Waals surface area contributed by atoms with Gasteiger partial charge in [0.1, 0.15) is 11.6 Å². The van der Waals surface area contributed by atoms with Crippen LogP contribution in [0.5, 0.6) is 5.75 Å². The number of hydrogen-bond donors (Lipinski definition) is 2. The van der Waals surface area contributed by atoms with E-state index in [1.807, 2.05) is 0 Å². The minimum Gasteiger partial charge on any atom is -0.495 e. The average Bonchev–Trinajstić information content (AvgIpc) is 2.40. The Morgan fingerprint density at radius 1 is 1.56 bits per heavy atom. The molecule has 0 spiro atoms. The van der Waals surface area contributed by atoms with Gasteiger partial charge < -0.3 is 15.4 Å². The second kappa shape index (κ2) is 5.82. The van der Waals surface area contributed by atoms with E-state index in [9.17, 15) is 9.18 Å². The van der Waals surface area contributed by atoms with Crippen molar-refractivity contribution in [3.63, 3.8) is 0 Å². The van der Waals surface area contributed by atoms with Crippen molar-refractivity contribution in [3.8, 4) is 5.75 Å². The molecule has 1 fully saturated rings. The number of hydrogen-bond acceptors (Lipinski definition) is 3. The van der Waals surface area contributed by atoms with E-state index in [0.717, 1.165) is 19.4 Å². The molecule has 18 heavy (non-hydrogen) atoms. The first-order chi connectivity index (χ1) is 8.70. The number of rotatable bonds is 3. The molecule has 1 aliphatic rings. The highest BCUT2D eigenvalue weighted by Crippen LogP contribution is 2.26. The number of benzene rings is 1. The summed E-state index contributed by atoms with van der Waals surface area (Å²) >= 11 is 0. The Morgan fingerprint density at radius 3 is 3.06 bits per heavy atom. The summed E-state index contributed by atoms with van der Waals surface area (Å²) in [6, 6.07) is 4.08. The average molecular weight is 252 g/mol. The van der Waals surface area contributed by atoms with E-state index in [1.165, 1.54) is 25.3 Å². The molecule has 0 aliphatic carbocycles. The number of anilines is 1. The third-order valence-corrected chi connectivity index (χ3v) is 3.09. The molecular weight excluding hydrogens is 235 g/mol. The lowest BCUT2D eigenvalue weighted by Crippen LogP contribution is -2.37. The van der Waals surface area contributed by atoms with Crippen LogP contribution in [-0.4, -0.2) is 26.1 Å². The number of amides is 1. The number of carbonyl (C=O) groups excluding carboxylic acids is 1. The topological polar surface area (TPSA) is 50.4 Å². The molecule has 0 radical (unpaired) electrons. The molecule has 0 saturated carbocycles. The van der Waals surface area contributed by atoms with Crippen LogP contribution in [0.4, 0.5) is 10.1 Å². The van der Waals surface area contributed by atoms with Crippen molar-refractivity contribution >= 4 is 11.6 Å².